The average Bonchev–Trinajstić information content (AvgIpc) is 3.66. The number of methoxy groups -OCH3 is 1. The van der Waals surface area contributed by atoms with E-state index in [0.29, 0.717) is 30.9 Å². The first-order valence-corrected chi connectivity index (χ1v) is 21.2. The molecule has 0 aromatic heterocycles. The van der Waals surface area contributed by atoms with Crippen molar-refractivity contribution in [1.82, 2.24) is 5.32 Å². The maximum Gasteiger partial charge on any atom is 0.160 e. The van der Waals surface area contributed by atoms with E-state index in [1.807, 2.05) is 30.3 Å². The summed E-state index contributed by atoms with van der Waals surface area (Å²) in [6.45, 7) is 0.274. The van der Waals surface area contributed by atoms with Crippen LogP contribution >= 0.6 is 0 Å². The summed E-state index contributed by atoms with van der Waals surface area (Å²) in [7, 11) is 1.49. The van der Waals surface area contributed by atoms with Crippen molar-refractivity contribution in [3.05, 3.63) is 82.4 Å². The molecule has 1 heterocycles. The first-order chi connectivity index (χ1) is 27.0. The standard InChI is InChI=1S/C48H55NO7/c1-56-43-21-35(32(27-50)18-42(43)54)34-19-33(51)25-46(55)15-16-47-14-11-30-24-45(12-5-6-13-45)38-22-37(30)48(47,39-23-41(53)40(52)20-36(38)39)44(46)31(26-49-47)10-9-29(34)17-28-7-3-2-4-8-28/h2-4,7-8,18,20-21,23,29-31,34,37-38,44,49-50,52-55H,5-6,11-17,19,22,24-27H2,1H3/t29-,30+,31-,34-,37+,38-,44+,46-,47-,48-/m1/s1. The molecule has 4 saturated carbocycles. The highest BCUT2D eigenvalue weighted by Gasteiger charge is 2.76. The zero-order valence-electron chi connectivity index (χ0n) is 32.4. The van der Waals surface area contributed by atoms with Gasteiger partial charge >= 0.3 is 0 Å². The molecule has 1 aliphatic heterocycles. The van der Waals surface area contributed by atoms with Crippen LogP contribution in [-0.2, 0) is 23.2 Å². The van der Waals surface area contributed by atoms with Gasteiger partial charge in [-0.3, -0.25) is 4.79 Å². The first-order valence-electron chi connectivity index (χ1n) is 21.2. The number of hydrogen-bond donors (Lipinski definition) is 6. The Morgan fingerprint density at radius 2 is 1.70 bits per heavy atom. The van der Waals surface area contributed by atoms with E-state index in [1.54, 1.807) is 6.07 Å². The smallest absolute Gasteiger partial charge is 0.160 e. The Labute approximate surface area is 329 Å². The van der Waals surface area contributed by atoms with Crippen LogP contribution in [-0.4, -0.2) is 56.1 Å². The molecular formula is C48H55NO7. The van der Waals surface area contributed by atoms with Crippen LogP contribution in [0.15, 0.2) is 54.6 Å². The second kappa shape index (κ2) is 13.0. The number of phenolic OH excluding ortho intramolecular Hbond substituents is 3. The second-order valence-electron chi connectivity index (χ2n) is 18.9. The van der Waals surface area contributed by atoms with Gasteiger partial charge in [0.05, 0.1) is 19.3 Å². The average molecular weight is 758 g/mol. The Hall–Kier alpha value is -4.03. The minimum absolute atomic E-state index is 0.00391. The van der Waals surface area contributed by atoms with E-state index >= 15 is 0 Å². The summed E-state index contributed by atoms with van der Waals surface area (Å²) >= 11 is 0. The molecule has 3 aromatic rings. The van der Waals surface area contributed by atoms with Crippen molar-refractivity contribution in [2.45, 2.75) is 118 Å². The van der Waals surface area contributed by atoms with E-state index in [-0.39, 0.29) is 88.8 Å². The SMILES string of the molecule is COc1cc([C@@H]2CC(=O)C[C@]3(O)CC[C@]45CC[C@H]6CC7(CCCC7)[C@@H]7C[C@@H]6[C@@]4(c4cc(O)c(O)cc47)[C@H]3[C@H](C#C[C@@H]2Cc2ccccc2)CN5)c(CO)cc1O. The molecule has 10 atom stereocenters. The lowest BCUT2D eigenvalue weighted by atomic mass is 9.31. The third kappa shape index (κ3) is 5.05. The number of aromatic hydroxyl groups is 3. The van der Waals surface area contributed by atoms with Gasteiger partial charge in [0.15, 0.2) is 23.0 Å². The largest absolute Gasteiger partial charge is 0.504 e. The molecule has 8 heteroatoms. The van der Waals surface area contributed by atoms with Crippen LogP contribution in [0.4, 0.5) is 0 Å². The molecule has 294 valence electrons. The number of Topliss-reactive ketones (excluding diaryl/α,β-unsaturated/α-hetero) is 1. The number of rotatable bonds is 5. The molecule has 2 spiro atoms. The van der Waals surface area contributed by atoms with Gasteiger partial charge in [0.25, 0.3) is 0 Å². The zero-order chi connectivity index (χ0) is 38.6. The van der Waals surface area contributed by atoms with Crippen LogP contribution in [0.2, 0.25) is 0 Å². The molecule has 56 heavy (non-hydrogen) atoms. The van der Waals surface area contributed by atoms with Crippen LogP contribution in [0.5, 0.6) is 23.0 Å². The lowest BCUT2D eigenvalue weighted by molar-refractivity contribution is -0.215. The number of carbonyl (C=O) groups is 1. The molecule has 10 rings (SSSR count). The summed E-state index contributed by atoms with van der Waals surface area (Å²) in [5, 5.41) is 61.4. The maximum absolute atomic E-state index is 14.9. The summed E-state index contributed by atoms with van der Waals surface area (Å²) in [6.07, 6.45) is 11.0. The predicted molar refractivity (Wildman–Crippen MR) is 211 cm³/mol. The molecule has 0 unspecified atom stereocenters. The van der Waals surface area contributed by atoms with Gasteiger partial charge in [-0.25, -0.2) is 0 Å². The van der Waals surface area contributed by atoms with Crippen LogP contribution in [0.3, 0.4) is 0 Å². The van der Waals surface area contributed by atoms with Gasteiger partial charge in [0, 0.05) is 54.0 Å². The fraction of sp³-hybridized carbons (Fsp3) is 0.562. The number of phenols is 3. The Balaban J connectivity index is 1.18. The number of piperidine rings is 1. The Morgan fingerprint density at radius 3 is 2.46 bits per heavy atom. The van der Waals surface area contributed by atoms with Crippen LogP contribution < -0.4 is 10.1 Å². The minimum Gasteiger partial charge on any atom is -0.504 e. The summed E-state index contributed by atoms with van der Waals surface area (Å²) in [6, 6.07) is 17.2. The normalized spacial score (nSPS) is 37.5. The Kier molecular flexibility index (Phi) is 8.43. The number of ketones is 1. The van der Waals surface area contributed by atoms with Gasteiger partial charge in [-0.15, -0.1) is 0 Å². The van der Waals surface area contributed by atoms with E-state index in [1.165, 1.54) is 38.9 Å². The number of carbonyl (C=O) groups excluding carboxylic acids is 1. The molecule has 7 aliphatic rings. The van der Waals surface area contributed by atoms with Gasteiger partial charge in [-0.05, 0) is 133 Å². The third-order valence-corrected chi connectivity index (χ3v) is 16.7. The highest BCUT2D eigenvalue weighted by molar-refractivity contribution is 5.81. The number of aliphatic hydroxyl groups excluding tert-OH is 1. The molecular weight excluding hydrogens is 703 g/mol. The number of hydrogen-bond acceptors (Lipinski definition) is 8. The molecule has 0 radical (unpaired) electrons. The van der Waals surface area contributed by atoms with Gasteiger partial charge < -0.3 is 35.6 Å². The monoisotopic (exact) mass is 757 g/mol. The minimum atomic E-state index is -1.34. The quantitative estimate of drug-likeness (QED) is 0.120. The van der Waals surface area contributed by atoms with Crippen molar-refractivity contribution in [3.63, 3.8) is 0 Å². The molecule has 3 aromatic carbocycles. The second-order valence-corrected chi connectivity index (χ2v) is 18.9. The van der Waals surface area contributed by atoms with Gasteiger partial charge in [-0.2, -0.15) is 0 Å². The molecule has 5 fully saturated rings. The summed E-state index contributed by atoms with van der Waals surface area (Å²) < 4.78 is 5.54. The number of ether oxygens (including phenoxy) is 1. The molecule has 6 N–H and O–H groups in total. The third-order valence-electron chi connectivity index (χ3n) is 16.7. The Morgan fingerprint density at radius 1 is 0.911 bits per heavy atom. The van der Waals surface area contributed by atoms with Gasteiger partial charge in [0.2, 0.25) is 0 Å². The highest BCUT2D eigenvalue weighted by atomic mass is 16.5. The number of benzene rings is 3. The van der Waals surface area contributed by atoms with Crippen molar-refractivity contribution < 1.29 is 35.1 Å². The van der Waals surface area contributed by atoms with Crippen molar-refractivity contribution in [3.8, 4) is 34.8 Å². The molecule has 6 aliphatic carbocycles. The van der Waals surface area contributed by atoms with Crippen molar-refractivity contribution in [2.24, 2.45) is 35.0 Å². The van der Waals surface area contributed by atoms with Crippen LogP contribution in [0, 0.1) is 46.8 Å². The molecule has 0 amide bonds. The number of aliphatic hydroxyl groups is 2. The summed E-state index contributed by atoms with van der Waals surface area (Å²) in [4.78, 5) is 14.9. The fourth-order valence-electron chi connectivity index (χ4n) is 14.7. The lowest BCUT2D eigenvalue weighted by Crippen LogP contribution is -2.82. The van der Waals surface area contributed by atoms with Crippen LogP contribution in [0.1, 0.15) is 117 Å². The summed E-state index contributed by atoms with van der Waals surface area (Å²) in [5.74, 6) is 7.18. The van der Waals surface area contributed by atoms with E-state index in [9.17, 15) is 30.3 Å². The summed E-state index contributed by atoms with van der Waals surface area (Å²) in [5.41, 5.74) is 2.50. The lowest BCUT2D eigenvalue weighted by Gasteiger charge is -2.76. The topological polar surface area (TPSA) is 139 Å². The van der Waals surface area contributed by atoms with Crippen LogP contribution in [0.25, 0.3) is 0 Å². The van der Waals surface area contributed by atoms with Crippen molar-refractivity contribution in [1.29, 1.82) is 0 Å². The van der Waals surface area contributed by atoms with E-state index in [4.69, 9.17) is 4.74 Å². The highest BCUT2D eigenvalue weighted by Crippen LogP contribution is 2.76. The van der Waals surface area contributed by atoms with E-state index in [2.05, 4.69) is 29.3 Å². The predicted octanol–water partition coefficient (Wildman–Crippen LogP) is 7.13. The molecule has 1 saturated heterocycles. The van der Waals surface area contributed by atoms with Gasteiger partial charge in [0.1, 0.15) is 5.78 Å². The Bertz CT molecular complexity index is 2130. The zero-order valence-corrected chi connectivity index (χ0v) is 32.4. The number of nitrogens with one attached hydrogen (secondary N) is 1. The van der Waals surface area contributed by atoms with Crippen molar-refractivity contribution >= 4 is 5.78 Å². The number of fused-ring (bicyclic) bond motifs is 4. The van der Waals surface area contributed by atoms with E-state index in [0.717, 1.165) is 54.4 Å². The first kappa shape index (κ1) is 36.3. The maximum atomic E-state index is 14.9. The van der Waals surface area contributed by atoms with Gasteiger partial charge in [-0.1, -0.05) is 55.0 Å². The molecule has 8 nitrogen and oxygen atoms in total. The van der Waals surface area contributed by atoms with Crippen molar-refractivity contribution in [2.75, 3.05) is 13.7 Å². The molecule has 4 bridgehead atoms. The fourth-order valence-corrected chi connectivity index (χ4v) is 14.7. The van der Waals surface area contributed by atoms with E-state index < -0.39 is 16.9 Å².